The molecule has 1 rings (SSSR count). The van der Waals surface area contributed by atoms with Crippen LogP contribution in [0.15, 0.2) is 12.4 Å². The highest BCUT2D eigenvalue weighted by Crippen LogP contribution is 2.12. The van der Waals surface area contributed by atoms with Crippen LogP contribution in [-0.2, 0) is 13.5 Å². The smallest absolute Gasteiger partial charge is 0.248 e. The van der Waals surface area contributed by atoms with Gasteiger partial charge < -0.3 is 0 Å². The number of aryl methyl sites for hydroxylation is 2. The Morgan fingerprint density at radius 3 is 2.54 bits per heavy atom. The summed E-state index contributed by atoms with van der Waals surface area (Å²) in [6.45, 7) is 7.30. The fourth-order valence-corrected chi connectivity index (χ4v) is 2.71. The first-order valence-corrected chi connectivity index (χ1v) is 8.72. The number of nitrogens with zero attached hydrogens (tertiary/aromatic N) is 1. The lowest BCUT2D eigenvalue weighted by Crippen LogP contribution is -2.30. The summed E-state index contributed by atoms with van der Waals surface area (Å²) in [6.07, 6.45) is 6.59. The average molecular weight is 197 g/mol. The zero-order valence-electron chi connectivity index (χ0n) is 9.22. The highest BCUT2D eigenvalue weighted by atomic mass is 28.3. The Balaban J connectivity index is 2.32. The van der Waals surface area contributed by atoms with E-state index < -0.39 is 8.07 Å². The molecule has 13 heavy (non-hydrogen) atoms. The number of imidazole rings is 1. The van der Waals surface area contributed by atoms with Crippen molar-refractivity contribution in [3.63, 3.8) is 0 Å². The van der Waals surface area contributed by atoms with E-state index >= 15 is 0 Å². The van der Waals surface area contributed by atoms with Crippen molar-refractivity contribution in [3.05, 3.63) is 18.2 Å². The van der Waals surface area contributed by atoms with Gasteiger partial charge in [0, 0.05) is 14.5 Å². The molecule has 2 nitrogen and oxygen atoms in total. The van der Waals surface area contributed by atoms with Gasteiger partial charge in [0.25, 0.3) is 5.82 Å². The Bertz CT molecular complexity index is 260. The van der Waals surface area contributed by atoms with Gasteiger partial charge in [0.05, 0.1) is 7.05 Å². The molecule has 0 amide bonds. The predicted octanol–water partition coefficient (Wildman–Crippen LogP) is 2.11. The monoisotopic (exact) mass is 197 g/mol. The van der Waals surface area contributed by atoms with Gasteiger partial charge in [0.2, 0.25) is 0 Å². The van der Waals surface area contributed by atoms with Crippen LogP contribution < -0.4 is 4.57 Å². The van der Waals surface area contributed by atoms with E-state index in [1.165, 1.54) is 24.7 Å². The quantitative estimate of drug-likeness (QED) is 0.563. The standard InChI is InChI=1S/C10H20N2Si/c1-12-8-7-11-10(12)6-5-9-13(2,3)4/h7-8H,5-6,9H2,1-4H3/p+1. The Morgan fingerprint density at radius 1 is 1.38 bits per heavy atom. The molecule has 0 spiro atoms. The molecule has 0 atom stereocenters. The Hall–Kier alpha value is -0.573. The maximum atomic E-state index is 3.27. The Labute approximate surface area is 82.0 Å². The van der Waals surface area contributed by atoms with E-state index in [-0.39, 0.29) is 0 Å². The molecule has 0 saturated carbocycles. The van der Waals surface area contributed by atoms with E-state index in [0.717, 1.165) is 0 Å². The molecule has 1 heterocycles. The largest absolute Gasteiger partial charge is 0.253 e. The van der Waals surface area contributed by atoms with Crippen LogP contribution in [0.3, 0.4) is 0 Å². The number of nitrogens with one attached hydrogen (secondary N) is 1. The lowest BCUT2D eigenvalue weighted by molar-refractivity contribution is -0.677. The van der Waals surface area contributed by atoms with Crippen LogP contribution in [0.5, 0.6) is 0 Å². The number of hydrogen-bond donors (Lipinski definition) is 1. The summed E-state index contributed by atoms with van der Waals surface area (Å²) < 4.78 is 2.17. The maximum absolute atomic E-state index is 3.27. The lowest BCUT2D eigenvalue weighted by atomic mass is 10.3. The summed E-state index contributed by atoms with van der Waals surface area (Å²) in [4.78, 5) is 3.27. The SMILES string of the molecule is C[n+]1cc[nH]c1CCC[Si](C)(C)C. The van der Waals surface area contributed by atoms with E-state index in [1.807, 2.05) is 6.20 Å². The molecule has 0 bridgehead atoms. The number of hydrogen-bond acceptors (Lipinski definition) is 0. The molecule has 1 aromatic rings. The summed E-state index contributed by atoms with van der Waals surface area (Å²) >= 11 is 0. The van der Waals surface area contributed by atoms with E-state index in [1.54, 1.807) is 0 Å². The topological polar surface area (TPSA) is 19.7 Å². The molecule has 0 saturated heterocycles. The van der Waals surface area contributed by atoms with Crippen molar-refractivity contribution in [3.8, 4) is 0 Å². The van der Waals surface area contributed by atoms with Crippen LogP contribution in [0.4, 0.5) is 0 Å². The van der Waals surface area contributed by atoms with Gasteiger partial charge in [-0.05, 0) is 6.42 Å². The molecule has 1 aromatic heterocycles. The molecule has 0 aromatic carbocycles. The summed E-state index contributed by atoms with van der Waals surface area (Å²) in [5, 5.41) is 0. The summed E-state index contributed by atoms with van der Waals surface area (Å²) in [5.74, 6) is 1.35. The summed E-state index contributed by atoms with van der Waals surface area (Å²) in [6, 6.07) is 1.42. The minimum atomic E-state index is -0.831. The van der Waals surface area contributed by atoms with Crippen LogP contribution >= 0.6 is 0 Å². The van der Waals surface area contributed by atoms with Gasteiger partial charge in [-0.3, -0.25) is 0 Å². The molecule has 1 N–H and O–H groups in total. The molecule has 0 unspecified atom stereocenters. The van der Waals surface area contributed by atoms with Crippen molar-refractivity contribution < 1.29 is 4.57 Å². The lowest BCUT2D eigenvalue weighted by Gasteiger charge is -2.13. The molecular weight excluding hydrogens is 176 g/mol. The van der Waals surface area contributed by atoms with Crippen molar-refractivity contribution in [2.24, 2.45) is 7.05 Å². The van der Waals surface area contributed by atoms with E-state index in [0.29, 0.717) is 0 Å². The Morgan fingerprint density at radius 2 is 2.08 bits per heavy atom. The zero-order valence-corrected chi connectivity index (χ0v) is 10.2. The average Bonchev–Trinajstić information content (AvgIpc) is 2.34. The first-order chi connectivity index (χ1) is 5.99. The summed E-state index contributed by atoms with van der Waals surface area (Å²) in [5.41, 5.74) is 0. The molecule has 0 aliphatic carbocycles. The first-order valence-electron chi connectivity index (χ1n) is 5.01. The third-order valence-corrected chi connectivity index (χ3v) is 4.17. The highest BCUT2D eigenvalue weighted by molar-refractivity contribution is 6.76. The maximum Gasteiger partial charge on any atom is 0.253 e. The van der Waals surface area contributed by atoms with Gasteiger partial charge in [0.15, 0.2) is 0 Å². The molecule has 0 fully saturated rings. The minimum absolute atomic E-state index is 0.831. The fraction of sp³-hybridized carbons (Fsp3) is 0.700. The predicted molar refractivity (Wildman–Crippen MR) is 58.4 cm³/mol. The minimum Gasteiger partial charge on any atom is -0.248 e. The highest BCUT2D eigenvalue weighted by Gasteiger charge is 2.14. The zero-order chi connectivity index (χ0) is 9.90. The Kier molecular flexibility index (Phi) is 3.31. The molecular formula is C10H21N2Si+. The number of aromatic amines is 1. The van der Waals surface area contributed by atoms with Gasteiger partial charge in [0.1, 0.15) is 12.4 Å². The number of aromatic nitrogens is 2. The molecule has 3 heteroatoms. The van der Waals surface area contributed by atoms with Crippen LogP contribution in [0, 0.1) is 0 Å². The van der Waals surface area contributed by atoms with Crippen molar-refractivity contribution >= 4 is 8.07 Å². The van der Waals surface area contributed by atoms with Gasteiger partial charge in [-0.15, -0.1) is 0 Å². The van der Waals surface area contributed by atoms with Gasteiger partial charge in [-0.25, -0.2) is 9.55 Å². The second-order valence-corrected chi connectivity index (χ2v) is 10.6. The molecule has 74 valence electrons. The van der Waals surface area contributed by atoms with Crippen LogP contribution in [0.2, 0.25) is 25.7 Å². The fourth-order valence-electron chi connectivity index (χ4n) is 1.47. The molecule has 0 radical (unpaired) electrons. The van der Waals surface area contributed by atoms with Crippen LogP contribution in [0.1, 0.15) is 12.2 Å². The van der Waals surface area contributed by atoms with Crippen LogP contribution in [-0.4, -0.2) is 13.1 Å². The molecule has 0 aliphatic heterocycles. The van der Waals surface area contributed by atoms with E-state index in [4.69, 9.17) is 0 Å². The van der Waals surface area contributed by atoms with Crippen LogP contribution in [0.25, 0.3) is 0 Å². The van der Waals surface area contributed by atoms with E-state index in [2.05, 4.69) is 42.4 Å². The normalized spacial score (nSPS) is 12.0. The first kappa shape index (κ1) is 10.5. The van der Waals surface area contributed by atoms with Crippen molar-refractivity contribution in [1.82, 2.24) is 4.98 Å². The van der Waals surface area contributed by atoms with Crippen molar-refractivity contribution in [1.29, 1.82) is 0 Å². The summed E-state index contributed by atoms with van der Waals surface area (Å²) in [7, 11) is 1.27. The van der Waals surface area contributed by atoms with Gasteiger partial charge in [-0.2, -0.15) is 0 Å². The third kappa shape index (κ3) is 3.76. The van der Waals surface area contributed by atoms with Crippen molar-refractivity contribution in [2.75, 3.05) is 0 Å². The number of H-pyrrole nitrogens is 1. The third-order valence-electron chi connectivity index (χ3n) is 2.31. The van der Waals surface area contributed by atoms with Gasteiger partial charge >= 0.3 is 0 Å². The second kappa shape index (κ2) is 4.09. The number of rotatable bonds is 4. The van der Waals surface area contributed by atoms with E-state index in [9.17, 15) is 0 Å². The second-order valence-electron chi connectivity index (χ2n) is 4.93. The van der Waals surface area contributed by atoms with Crippen molar-refractivity contribution in [2.45, 2.75) is 38.5 Å². The van der Waals surface area contributed by atoms with Gasteiger partial charge in [-0.1, -0.05) is 25.7 Å². The molecule has 0 aliphatic rings.